The highest BCUT2D eigenvalue weighted by Crippen LogP contribution is 2.21. The van der Waals surface area contributed by atoms with Gasteiger partial charge in [0.05, 0.1) is 6.61 Å². The van der Waals surface area contributed by atoms with Crippen molar-refractivity contribution < 1.29 is 12.6 Å². The molecular formula is C6H13ClO3S. The molecule has 0 fully saturated rings. The van der Waals surface area contributed by atoms with Crippen molar-refractivity contribution >= 4 is 20.0 Å². The first-order valence-electron chi connectivity index (χ1n) is 3.36. The van der Waals surface area contributed by atoms with Crippen molar-refractivity contribution in [2.45, 2.75) is 27.2 Å². The highest BCUT2D eigenvalue weighted by Gasteiger charge is 2.18. The predicted octanol–water partition coefficient (Wildman–Crippen LogP) is 1.92. The third-order valence-electron chi connectivity index (χ3n) is 1.55. The Hall–Kier alpha value is 0.200. The van der Waals surface area contributed by atoms with E-state index in [9.17, 15) is 8.42 Å². The zero-order valence-electron chi connectivity index (χ0n) is 6.93. The molecule has 5 heteroatoms. The Morgan fingerprint density at radius 1 is 1.45 bits per heavy atom. The standard InChI is InChI=1S/C6H13ClO3S/c1-4-6(2,3)5-10-11(7,8)9/h4-5H2,1-3H3. The second-order valence-electron chi connectivity index (χ2n) is 3.17. The van der Waals surface area contributed by atoms with E-state index in [0.717, 1.165) is 6.42 Å². The number of rotatable bonds is 4. The van der Waals surface area contributed by atoms with Crippen LogP contribution in [-0.2, 0) is 13.5 Å². The van der Waals surface area contributed by atoms with Crippen LogP contribution in [0.15, 0.2) is 0 Å². The van der Waals surface area contributed by atoms with Crippen LogP contribution in [0.3, 0.4) is 0 Å². The van der Waals surface area contributed by atoms with Gasteiger partial charge in [-0.2, -0.15) is 8.42 Å². The zero-order valence-corrected chi connectivity index (χ0v) is 8.50. The third-order valence-corrected chi connectivity index (χ3v) is 2.21. The zero-order chi connectivity index (χ0) is 9.12. The van der Waals surface area contributed by atoms with Gasteiger partial charge in [-0.1, -0.05) is 20.8 Å². The fourth-order valence-corrected chi connectivity index (χ4v) is 0.925. The van der Waals surface area contributed by atoms with Gasteiger partial charge in [-0.05, 0) is 11.8 Å². The highest BCUT2D eigenvalue weighted by molar-refractivity contribution is 8.09. The maximum Gasteiger partial charge on any atom is 0.355 e. The van der Waals surface area contributed by atoms with Gasteiger partial charge in [0.1, 0.15) is 0 Å². The quantitative estimate of drug-likeness (QED) is 0.652. The van der Waals surface area contributed by atoms with Crippen LogP contribution in [0.2, 0.25) is 0 Å². The minimum atomic E-state index is -3.80. The van der Waals surface area contributed by atoms with Crippen molar-refractivity contribution in [2.75, 3.05) is 6.61 Å². The molecule has 0 aromatic heterocycles. The highest BCUT2D eigenvalue weighted by atomic mass is 35.7. The van der Waals surface area contributed by atoms with Gasteiger partial charge >= 0.3 is 9.33 Å². The summed E-state index contributed by atoms with van der Waals surface area (Å²) in [4.78, 5) is 0. The molecule has 0 saturated carbocycles. The van der Waals surface area contributed by atoms with Gasteiger partial charge in [-0.15, -0.1) is 0 Å². The second kappa shape index (κ2) is 3.74. The summed E-state index contributed by atoms with van der Waals surface area (Å²) in [5.41, 5.74) is -0.137. The molecule has 0 aromatic carbocycles. The topological polar surface area (TPSA) is 43.4 Å². The first kappa shape index (κ1) is 11.2. The van der Waals surface area contributed by atoms with Crippen molar-refractivity contribution in [2.24, 2.45) is 5.41 Å². The van der Waals surface area contributed by atoms with Gasteiger partial charge in [-0.3, -0.25) is 4.18 Å². The van der Waals surface area contributed by atoms with E-state index in [1.54, 1.807) is 0 Å². The van der Waals surface area contributed by atoms with Crippen molar-refractivity contribution in [3.05, 3.63) is 0 Å². The molecule has 0 spiro atoms. The summed E-state index contributed by atoms with van der Waals surface area (Å²) >= 11 is 0. The predicted molar refractivity (Wildman–Crippen MR) is 44.8 cm³/mol. The first-order valence-corrected chi connectivity index (χ1v) is 5.59. The molecule has 68 valence electrons. The molecule has 0 heterocycles. The van der Waals surface area contributed by atoms with E-state index in [1.165, 1.54) is 0 Å². The second-order valence-corrected chi connectivity index (χ2v) is 5.33. The Morgan fingerprint density at radius 2 is 1.91 bits per heavy atom. The SMILES string of the molecule is CCC(C)(C)COS(=O)(=O)Cl. The molecule has 0 rings (SSSR count). The summed E-state index contributed by atoms with van der Waals surface area (Å²) in [5, 5.41) is 0. The fourth-order valence-electron chi connectivity index (χ4n) is 0.332. The maximum atomic E-state index is 10.3. The largest absolute Gasteiger partial charge is 0.355 e. The lowest BCUT2D eigenvalue weighted by molar-refractivity contribution is 0.185. The van der Waals surface area contributed by atoms with Crippen molar-refractivity contribution in [1.29, 1.82) is 0 Å². The molecule has 0 atom stereocenters. The summed E-state index contributed by atoms with van der Waals surface area (Å²) in [6.07, 6.45) is 0.847. The molecule has 0 N–H and O–H groups in total. The molecule has 0 amide bonds. The van der Waals surface area contributed by atoms with Gasteiger partial charge in [0.2, 0.25) is 0 Å². The van der Waals surface area contributed by atoms with Crippen LogP contribution in [0.25, 0.3) is 0 Å². The lowest BCUT2D eigenvalue weighted by atomic mass is 9.92. The molecule has 0 aliphatic carbocycles. The Labute approximate surface area is 72.3 Å². The lowest BCUT2D eigenvalue weighted by Gasteiger charge is -2.20. The Morgan fingerprint density at radius 3 is 2.18 bits per heavy atom. The van der Waals surface area contributed by atoms with Crippen LogP contribution in [-0.4, -0.2) is 15.0 Å². The van der Waals surface area contributed by atoms with Gasteiger partial charge in [0, 0.05) is 10.7 Å². The van der Waals surface area contributed by atoms with Gasteiger partial charge in [0.15, 0.2) is 0 Å². The van der Waals surface area contributed by atoms with Crippen molar-refractivity contribution in [1.82, 2.24) is 0 Å². The third kappa shape index (κ3) is 6.59. The average Bonchev–Trinajstić information content (AvgIpc) is 1.83. The molecule has 0 radical (unpaired) electrons. The molecule has 3 nitrogen and oxygen atoms in total. The van der Waals surface area contributed by atoms with Gasteiger partial charge < -0.3 is 0 Å². The van der Waals surface area contributed by atoms with Crippen LogP contribution >= 0.6 is 10.7 Å². The first-order chi connectivity index (χ1) is 4.77. The fraction of sp³-hybridized carbons (Fsp3) is 1.00. The Bertz CT molecular complexity index is 208. The van der Waals surface area contributed by atoms with E-state index in [-0.39, 0.29) is 12.0 Å². The van der Waals surface area contributed by atoms with Crippen LogP contribution in [0, 0.1) is 5.41 Å². The van der Waals surface area contributed by atoms with E-state index >= 15 is 0 Å². The van der Waals surface area contributed by atoms with Crippen LogP contribution in [0.4, 0.5) is 0 Å². The Kier molecular flexibility index (Phi) is 3.80. The molecule has 0 aliphatic heterocycles. The van der Waals surface area contributed by atoms with Gasteiger partial charge in [0.25, 0.3) is 0 Å². The van der Waals surface area contributed by atoms with E-state index in [2.05, 4.69) is 4.18 Å². The summed E-state index contributed by atoms with van der Waals surface area (Å²) in [7, 11) is 1.05. The van der Waals surface area contributed by atoms with Crippen molar-refractivity contribution in [3.63, 3.8) is 0 Å². The Balaban J connectivity index is 3.90. The molecule has 0 bridgehead atoms. The minimum absolute atomic E-state index is 0.134. The molecular weight excluding hydrogens is 188 g/mol. The lowest BCUT2D eigenvalue weighted by Crippen LogP contribution is -2.19. The summed E-state index contributed by atoms with van der Waals surface area (Å²) in [6, 6.07) is 0. The number of halogens is 1. The van der Waals surface area contributed by atoms with Crippen LogP contribution in [0.1, 0.15) is 27.2 Å². The van der Waals surface area contributed by atoms with Crippen LogP contribution < -0.4 is 0 Å². The van der Waals surface area contributed by atoms with Crippen LogP contribution in [0.5, 0.6) is 0 Å². The van der Waals surface area contributed by atoms with E-state index in [0.29, 0.717) is 0 Å². The minimum Gasteiger partial charge on any atom is -0.257 e. The normalized spacial score (nSPS) is 13.5. The molecule has 0 aliphatic rings. The van der Waals surface area contributed by atoms with E-state index in [4.69, 9.17) is 10.7 Å². The smallest absolute Gasteiger partial charge is 0.257 e. The molecule has 0 aromatic rings. The van der Waals surface area contributed by atoms with E-state index < -0.39 is 9.33 Å². The number of hydrogen-bond donors (Lipinski definition) is 0. The molecule has 0 saturated heterocycles. The average molecular weight is 201 g/mol. The molecule has 0 unspecified atom stereocenters. The van der Waals surface area contributed by atoms with Crippen molar-refractivity contribution in [3.8, 4) is 0 Å². The summed E-state index contributed by atoms with van der Waals surface area (Å²) in [6.45, 7) is 5.92. The summed E-state index contributed by atoms with van der Waals surface area (Å²) in [5.74, 6) is 0. The summed E-state index contributed by atoms with van der Waals surface area (Å²) < 4.78 is 25.1. The maximum absolute atomic E-state index is 10.3. The molecule has 11 heavy (non-hydrogen) atoms. The number of hydrogen-bond acceptors (Lipinski definition) is 3. The monoisotopic (exact) mass is 200 g/mol. The van der Waals surface area contributed by atoms with E-state index in [1.807, 2.05) is 20.8 Å². The van der Waals surface area contributed by atoms with Gasteiger partial charge in [-0.25, -0.2) is 0 Å².